The molecule has 0 aliphatic rings. The largest absolute Gasteiger partial charge is 0.192 e. The topological polar surface area (TPSA) is 23.8 Å². The van der Waals surface area contributed by atoms with Crippen LogP contribution in [0.25, 0.3) is 10.1 Å². The van der Waals surface area contributed by atoms with Gasteiger partial charge in [-0.25, -0.2) is 0 Å². The van der Waals surface area contributed by atoms with E-state index in [1.54, 1.807) is 17.4 Å². The summed E-state index contributed by atoms with van der Waals surface area (Å²) >= 11 is 10.8. The number of thiophene rings is 1. The molecular formula is C9H3BrClNS. The van der Waals surface area contributed by atoms with E-state index in [0.717, 1.165) is 13.9 Å². The number of benzene rings is 1. The summed E-state index contributed by atoms with van der Waals surface area (Å²) in [4.78, 5) is 0. The third-order valence-corrected chi connectivity index (χ3v) is 3.58. The number of hydrogen-bond acceptors (Lipinski definition) is 2. The van der Waals surface area contributed by atoms with Gasteiger partial charge in [0.25, 0.3) is 0 Å². The van der Waals surface area contributed by atoms with Gasteiger partial charge in [0.2, 0.25) is 0 Å². The average molecular weight is 273 g/mol. The number of rotatable bonds is 0. The van der Waals surface area contributed by atoms with Crippen molar-refractivity contribution >= 4 is 49.0 Å². The van der Waals surface area contributed by atoms with Gasteiger partial charge in [0.15, 0.2) is 0 Å². The Balaban J connectivity index is 2.90. The van der Waals surface area contributed by atoms with Crippen molar-refractivity contribution in [2.75, 3.05) is 0 Å². The van der Waals surface area contributed by atoms with Crippen LogP contribution in [-0.2, 0) is 0 Å². The van der Waals surface area contributed by atoms with E-state index < -0.39 is 0 Å². The monoisotopic (exact) mass is 271 g/mol. The van der Waals surface area contributed by atoms with Crippen LogP contribution in [0.3, 0.4) is 0 Å². The third-order valence-electron chi connectivity index (χ3n) is 1.67. The van der Waals surface area contributed by atoms with E-state index in [-0.39, 0.29) is 0 Å². The lowest BCUT2D eigenvalue weighted by atomic mass is 10.2. The first-order valence-electron chi connectivity index (χ1n) is 3.49. The molecule has 0 spiro atoms. The molecule has 0 saturated heterocycles. The van der Waals surface area contributed by atoms with Gasteiger partial charge in [-0.05, 0) is 39.5 Å². The van der Waals surface area contributed by atoms with Crippen LogP contribution in [0.1, 0.15) is 5.56 Å². The van der Waals surface area contributed by atoms with Gasteiger partial charge in [-0.15, -0.1) is 11.3 Å². The molecule has 0 atom stereocenters. The summed E-state index contributed by atoms with van der Waals surface area (Å²) in [7, 11) is 0. The summed E-state index contributed by atoms with van der Waals surface area (Å²) < 4.78 is 2.00. The Bertz CT molecular complexity index is 512. The van der Waals surface area contributed by atoms with Crippen molar-refractivity contribution in [1.29, 1.82) is 5.26 Å². The second kappa shape index (κ2) is 3.30. The fraction of sp³-hybridized carbons (Fsp3) is 0. The minimum atomic E-state index is 0.606. The highest BCUT2D eigenvalue weighted by atomic mass is 79.9. The van der Waals surface area contributed by atoms with E-state index in [0.29, 0.717) is 10.6 Å². The van der Waals surface area contributed by atoms with Crippen molar-refractivity contribution in [2.24, 2.45) is 0 Å². The van der Waals surface area contributed by atoms with Crippen LogP contribution in [0.5, 0.6) is 0 Å². The van der Waals surface area contributed by atoms with Crippen LogP contribution >= 0.6 is 38.9 Å². The maximum absolute atomic E-state index is 8.85. The number of nitriles is 1. The zero-order chi connectivity index (χ0) is 9.42. The number of fused-ring (bicyclic) bond motifs is 1. The lowest BCUT2D eigenvalue weighted by molar-refractivity contribution is 1.51. The van der Waals surface area contributed by atoms with E-state index in [4.69, 9.17) is 16.9 Å². The standard InChI is InChI=1S/C9H3BrClNS/c10-8-3-5-1-7(11)2-6(4-12)9(5)13-8/h1-3H. The molecule has 2 aromatic rings. The molecule has 64 valence electrons. The molecule has 0 fully saturated rings. The predicted octanol–water partition coefficient (Wildman–Crippen LogP) is 4.19. The van der Waals surface area contributed by atoms with Crippen molar-refractivity contribution in [3.05, 3.63) is 32.6 Å². The minimum Gasteiger partial charge on any atom is -0.192 e. The summed E-state index contributed by atoms with van der Waals surface area (Å²) in [5.74, 6) is 0. The zero-order valence-corrected chi connectivity index (χ0v) is 9.50. The van der Waals surface area contributed by atoms with Crippen LogP contribution < -0.4 is 0 Å². The fourth-order valence-electron chi connectivity index (χ4n) is 1.17. The maximum Gasteiger partial charge on any atom is 0.101 e. The van der Waals surface area contributed by atoms with Crippen molar-refractivity contribution in [3.8, 4) is 6.07 Å². The van der Waals surface area contributed by atoms with Gasteiger partial charge < -0.3 is 0 Å². The van der Waals surface area contributed by atoms with Crippen LogP contribution in [0.2, 0.25) is 5.02 Å². The normalized spacial score (nSPS) is 10.2. The first-order valence-corrected chi connectivity index (χ1v) is 5.48. The zero-order valence-electron chi connectivity index (χ0n) is 6.34. The summed E-state index contributed by atoms with van der Waals surface area (Å²) in [6.07, 6.45) is 0. The van der Waals surface area contributed by atoms with Crippen molar-refractivity contribution in [2.45, 2.75) is 0 Å². The molecule has 1 aromatic heterocycles. The van der Waals surface area contributed by atoms with Crippen LogP contribution in [-0.4, -0.2) is 0 Å². The van der Waals surface area contributed by atoms with Crippen LogP contribution in [0.15, 0.2) is 22.0 Å². The molecule has 1 heterocycles. The maximum atomic E-state index is 8.85. The molecule has 0 bridgehead atoms. The molecule has 13 heavy (non-hydrogen) atoms. The van der Waals surface area contributed by atoms with Gasteiger partial charge >= 0.3 is 0 Å². The van der Waals surface area contributed by atoms with E-state index in [1.165, 1.54) is 0 Å². The van der Waals surface area contributed by atoms with Gasteiger partial charge in [-0.3, -0.25) is 0 Å². The Morgan fingerprint density at radius 1 is 1.38 bits per heavy atom. The molecule has 0 radical (unpaired) electrons. The molecule has 2 rings (SSSR count). The van der Waals surface area contributed by atoms with Gasteiger partial charge in [0.05, 0.1) is 14.0 Å². The summed E-state index contributed by atoms with van der Waals surface area (Å²) in [5, 5.41) is 10.5. The van der Waals surface area contributed by atoms with Crippen LogP contribution in [0, 0.1) is 11.3 Å². The lowest BCUT2D eigenvalue weighted by Crippen LogP contribution is -1.73. The molecule has 0 N–H and O–H groups in total. The van der Waals surface area contributed by atoms with E-state index in [2.05, 4.69) is 22.0 Å². The highest BCUT2D eigenvalue weighted by Gasteiger charge is 2.06. The van der Waals surface area contributed by atoms with E-state index >= 15 is 0 Å². The Morgan fingerprint density at radius 2 is 2.15 bits per heavy atom. The molecule has 0 aliphatic heterocycles. The highest BCUT2D eigenvalue weighted by Crippen LogP contribution is 2.33. The minimum absolute atomic E-state index is 0.606. The van der Waals surface area contributed by atoms with Gasteiger partial charge in [-0.1, -0.05) is 11.6 Å². The van der Waals surface area contributed by atoms with E-state index in [9.17, 15) is 0 Å². The number of hydrogen-bond donors (Lipinski definition) is 0. The molecule has 1 nitrogen and oxygen atoms in total. The summed E-state index contributed by atoms with van der Waals surface area (Å²) in [5.41, 5.74) is 0.637. The van der Waals surface area contributed by atoms with Gasteiger partial charge in [-0.2, -0.15) is 5.26 Å². The van der Waals surface area contributed by atoms with Crippen molar-refractivity contribution in [1.82, 2.24) is 0 Å². The molecular weight excluding hydrogens is 270 g/mol. The predicted molar refractivity (Wildman–Crippen MR) is 59.3 cm³/mol. The summed E-state index contributed by atoms with van der Waals surface area (Å²) in [6, 6.07) is 7.64. The van der Waals surface area contributed by atoms with Crippen molar-refractivity contribution < 1.29 is 0 Å². The molecule has 0 aliphatic carbocycles. The fourth-order valence-corrected chi connectivity index (χ4v) is 2.96. The lowest BCUT2D eigenvalue weighted by Gasteiger charge is -1.93. The summed E-state index contributed by atoms with van der Waals surface area (Å²) in [6.45, 7) is 0. The van der Waals surface area contributed by atoms with Crippen molar-refractivity contribution in [3.63, 3.8) is 0 Å². The Hall–Kier alpha value is -0.560. The Labute approximate surface area is 92.7 Å². The molecule has 1 aromatic carbocycles. The highest BCUT2D eigenvalue weighted by molar-refractivity contribution is 9.11. The van der Waals surface area contributed by atoms with Gasteiger partial charge in [0.1, 0.15) is 6.07 Å². The second-order valence-corrected chi connectivity index (χ2v) is 5.40. The first-order chi connectivity index (χ1) is 6.20. The first kappa shape index (κ1) is 9.01. The Morgan fingerprint density at radius 3 is 2.85 bits per heavy atom. The Kier molecular flexibility index (Phi) is 2.29. The SMILES string of the molecule is N#Cc1cc(Cl)cc2cc(Br)sc12. The molecule has 4 heteroatoms. The second-order valence-electron chi connectivity index (χ2n) is 2.53. The molecule has 0 amide bonds. The number of nitrogens with zero attached hydrogens (tertiary/aromatic N) is 1. The number of halogens is 2. The quantitative estimate of drug-likeness (QED) is 0.705. The average Bonchev–Trinajstić information content (AvgIpc) is 2.43. The smallest absolute Gasteiger partial charge is 0.101 e. The van der Waals surface area contributed by atoms with E-state index in [1.807, 2.05) is 12.1 Å². The van der Waals surface area contributed by atoms with Crippen LogP contribution in [0.4, 0.5) is 0 Å². The molecule has 0 unspecified atom stereocenters. The van der Waals surface area contributed by atoms with Gasteiger partial charge in [0, 0.05) is 5.02 Å². The third kappa shape index (κ3) is 1.58. The molecule has 0 saturated carbocycles.